The molecule has 4 nitrogen and oxygen atoms in total. The number of aromatic nitrogens is 3. The van der Waals surface area contributed by atoms with E-state index in [2.05, 4.69) is 47.6 Å². The van der Waals surface area contributed by atoms with E-state index >= 15 is 0 Å². The molecule has 0 atom stereocenters. The first-order valence-electron chi connectivity index (χ1n) is 7.38. The fourth-order valence-electron chi connectivity index (χ4n) is 2.29. The van der Waals surface area contributed by atoms with Gasteiger partial charge in [0.25, 0.3) is 0 Å². The van der Waals surface area contributed by atoms with Gasteiger partial charge >= 0.3 is 0 Å². The molecule has 0 saturated heterocycles. The maximum absolute atomic E-state index is 9.23. The van der Waals surface area contributed by atoms with Gasteiger partial charge in [-0.05, 0) is 24.1 Å². The first-order valence-corrected chi connectivity index (χ1v) is 7.38. The molecule has 0 amide bonds. The average molecular weight is 300 g/mol. The molecule has 0 aliphatic rings. The summed E-state index contributed by atoms with van der Waals surface area (Å²) in [5.41, 5.74) is 4.47. The molecular weight excluding hydrogens is 284 g/mol. The van der Waals surface area contributed by atoms with Crippen LogP contribution in [0, 0.1) is 18.3 Å². The van der Waals surface area contributed by atoms with Crippen molar-refractivity contribution in [1.82, 2.24) is 15.0 Å². The van der Waals surface area contributed by atoms with Gasteiger partial charge in [-0.1, -0.05) is 71.5 Å². The zero-order valence-corrected chi connectivity index (χ0v) is 12.8. The Kier molecular flexibility index (Phi) is 4.30. The van der Waals surface area contributed by atoms with E-state index in [0.717, 1.165) is 16.8 Å². The van der Waals surface area contributed by atoms with Gasteiger partial charge < -0.3 is 0 Å². The Morgan fingerprint density at radius 3 is 2.48 bits per heavy atom. The third-order valence-electron chi connectivity index (χ3n) is 3.57. The van der Waals surface area contributed by atoms with Gasteiger partial charge in [0, 0.05) is 0 Å². The van der Waals surface area contributed by atoms with Crippen LogP contribution in [-0.2, 0) is 6.54 Å². The second-order valence-corrected chi connectivity index (χ2v) is 5.32. The maximum atomic E-state index is 9.23. The van der Waals surface area contributed by atoms with E-state index in [1.54, 1.807) is 4.68 Å². The number of benzene rings is 2. The first kappa shape index (κ1) is 14.7. The molecule has 4 heteroatoms. The van der Waals surface area contributed by atoms with Crippen molar-refractivity contribution >= 4 is 12.2 Å². The fraction of sp³-hybridized carbons (Fsp3) is 0.105. The van der Waals surface area contributed by atoms with Crippen molar-refractivity contribution in [3.8, 4) is 6.07 Å². The number of hydrogen-bond acceptors (Lipinski definition) is 3. The Hall–Kier alpha value is -3.19. The highest BCUT2D eigenvalue weighted by molar-refractivity contribution is 5.70. The van der Waals surface area contributed by atoms with Crippen molar-refractivity contribution in [3.05, 3.63) is 82.7 Å². The molecule has 0 bridgehead atoms. The summed E-state index contributed by atoms with van der Waals surface area (Å²) in [7, 11) is 0. The molecule has 0 radical (unpaired) electrons. The van der Waals surface area contributed by atoms with E-state index in [-0.39, 0.29) is 0 Å². The number of rotatable bonds is 4. The second-order valence-electron chi connectivity index (χ2n) is 5.32. The third-order valence-corrected chi connectivity index (χ3v) is 3.57. The zero-order chi connectivity index (χ0) is 16.1. The summed E-state index contributed by atoms with van der Waals surface area (Å²) in [6.07, 6.45) is 3.85. The molecule has 0 saturated carbocycles. The molecule has 1 heterocycles. The summed E-state index contributed by atoms with van der Waals surface area (Å²) in [6.45, 7) is 2.64. The summed E-state index contributed by atoms with van der Waals surface area (Å²) in [5, 5.41) is 17.3. The summed E-state index contributed by atoms with van der Waals surface area (Å²) in [5.74, 6) is 0. The maximum Gasteiger partial charge on any atom is 0.190 e. The van der Waals surface area contributed by atoms with Crippen LogP contribution in [0.3, 0.4) is 0 Å². The average Bonchev–Trinajstić information content (AvgIpc) is 2.98. The van der Waals surface area contributed by atoms with Crippen LogP contribution in [-0.4, -0.2) is 15.0 Å². The third kappa shape index (κ3) is 3.53. The van der Waals surface area contributed by atoms with Crippen molar-refractivity contribution in [2.45, 2.75) is 13.5 Å². The Morgan fingerprint density at radius 2 is 1.78 bits per heavy atom. The van der Waals surface area contributed by atoms with Crippen molar-refractivity contribution in [2.75, 3.05) is 0 Å². The van der Waals surface area contributed by atoms with Gasteiger partial charge in [-0.25, -0.2) is 4.68 Å². The molecule has 0 aliphatic carbocycles. The number of nitrogens with zero attached hydrogens (tertiary/aromatic N) is 4. The van der Waals surface area contributed by atoms with Gasteiger partial charge in [-0.3, -0.25) is 0 Å². The van der Waals surface area contributed by atoms with E-state index in [4.69, 9.17) is 0 Å². The largest absolute Gasteiger partial charge is 0.239 e. The van der Waals surface area contributed by atoms with E-state index in [1.807, 2.05) is 42.5 Å². The Morgan fingerprint density at radius 1 is 1.04 bits per heavy atom. The highest BCUT2D eigenvalue weighted by Gasteiger charge is 2.10. The zero-order valence-electron chi connectivity index (χ0n) is 12.8. The molecule has 3 rings (SSSR count). The Bertz CT molecular complexity index is 853. The Balaban J connectivity index is 1.90. The SMILES string of the molecule is Cc1ccc(Cn2nnc(C#N)c2/C=C/c2ccccc2)cc1. The van der Waals surface area contributed by atoms with Gasteiger partial charge in [0.15, 0.2) is 5.69 Å². The fourth-order valence-corrected chi connectivity index (χ4v) is 2.29. The van der Waals surface area contributed by atoms with Crippen molar-refractivity contribution in [3.63, 3.8) is 0 Å². The number of aryl methyl sites for hydroxylation is 1. The van der Waals surface area contributed by atoms with Gasteiger partial charge in [0.1, 0.15) is 6.07 Å². The molecule has 1 aromatic heterocycles. The molecule has 23 heavy (non-hydrogen) atoms. The van der Waals surface area contributed by atoms with Crippen LogP contribution in [0.5, 0.6) is 0 Å². The van der Waals surface area contributed by atoms with Crippen LogP contribution in [0.15, 0.2) is 54.6 Å². The lowest BCUT2D eigenvalue weighted by molar-refractivity contribution is 0.645. The molecular formula is C19H16N4. The van der Waals surface area contributed by atoms with Gasteiger partial charge in [-0.15, -0.1) is 5.10 Å². The second kappa shape index (κ2) is 6.71. The molecule has 3 aromatic rings. The number of nitriles is 1. The highest BCUT2D eigenvalue weighted by atomic mass is 15.4. The molecule has 0 N–H and O–H groups in total. The molecule has 2 aromatic carbocycles. The summed E-state index contributed by atoms with van der Waals surface area (Å²) in [4.78, 5) is 0. The molecule has 112 valence electrons. The van der Waals surface area contributed by atoms with Crippen LogP contribution in [0.2, 0.25) is 0 Å². The van der Waals surface area contributed by atoms with Gasteiger partial charge in [-0.2, -0.15) is 5.26 Å². The monoisotopic (exact) mass is 300 g/mol. The van der Waals surface area contributed by atoms with Gasteiger partial charge in [0.05, 0.1) is 12.2 Å². The first-order chi connectivity index (χ1) is 11.3. The predicted octanol–water partition coefficient (Wildman–Crippen LogP) is 3.68. The minimum Gasteiger partial charge on any atom is -0.239 e. The summed E-state index contributed by atoms with van der Waals surface area (Å²) < 4.78 is 1.75. The number of hydrogen-bond donors (Lipinski definition) is 0. The summed E-state index contributed by atoms with van der Waals surface area (Å²) in [6, 6.07) is 20.3. The van der Waals surface area contributed by atoms with Crippen LogP contribution in [0.25, 0.3) is 12.2 Å². The van der Waals surface area contributed by atoms with Crippen molar-refractivity contribution < 1.29 is 0 Å². The van der Waals surface area contributed by atoms with E-state index in [0.29, 0.717) is 12.2 Å². The lowest BCUT2D eigenvalue weighted by Crippen LogP contribution is -2.04. The molecule has 0 fully saturated rings. The minimum absolute atomic E-state index is 0.337. The summed E-state index contributed by atoms with van der Waals surface area (Å²) >= 11 is 0. The quantitative estimate of drug-likeness (QED) is 0.738. The Labute approximate surface area is 135 Å². The van der Waals surface area contributed by atoms with Crippen molar-refractivity contribution in [1.29, 1.82) is 5.26 Å². The standard InChI is InChI=1S/C19H16N4/c1-15-7-9-17(10-8-15)14-23-19(18(13-20)21-22-23)12-11-16-5-3-2-4-6-16/h2-12H,14H2,1H3/b12-11+. The van der Waals surface area contributed by atoms with E-state index < -0.39 is 0 Å². The topological polar surface area (TPSA) is 54.5 Å². The van der Waals surface area contributed by atoms with E-state index in [1.165, 1.54) is 5.56 Å². The molecule has 0 aliphatic heterocycles. The normalized spacial score (nSPS) is 10.8. The molecule has 0 unspecified atom stereocenters. The lowest BCUT2D eigenvalue weighted by atomic mass is 10.1. The smallest absolute Gasteiger partial charge is 0.190 e. The van der Waals surface area contributed by atoms with Crippen LogP contribution >= 0.6 is 0 Å². The van der Waals surface area contributed by atoms with Gasteiger partial charge in [0.2, 0.25) is 0 Å². The van der Waals surface area contributed by atoms with Crippen molar-refractivity contribution in [2.24, 2.45) is 0 Å². The van der Waals surface area contributed by atoms with Crippen LogP contribution < -0.4 is 0 Å². The highest BCUT2D eigenvalue weighted by Crippen LogP contribution is 2.13. The van der Waals surface area contributed by atoms with E-state index in [9.17, 15) is 5.26 Å². The predicted molar refractivity (Wildman–Crippen MR) is 90.4 cm³/mol. The lowest BCUT2D eigenvalue weighted by Gasteiger charge is -2.04. The van der Waals surface area contributed by atoms with Crippen LogP contribution in [0.1, 0.15) is 28.1 Å². The minimum atomic E-state index is 0.337. The van der Waals surface area contributed by atoms with Crippen LogP contribution in [0.4, 0.5) is 0 Å². The molecule has 0 spiro atoms.